The van der Waals surface area contributed by atoms with Crippen molar-refractivity contribution in [2.45, 2.75) is 31.8 Å². The zero-order valence-corrected chi connectivity index (χ0v) is 15.5. The molecule has 4 rings (SSSR count). The van der Waals surface area contributed by atoms with Gasteiger partial charge >= 0.3 is 0 Å². The van der Waals surface area contributed by atoms with Crippen LogP contribution in [0.3, 0.4) is 0 Å². The molecule has 0 spiro atoms. The molecule has 1 aromatic rings. The van der Waals surface area contributed by atoms with Crippen molar-refractivity contribution in [2.24, 2.45) is 17.8 Å². The van der Waals surface area contributed by atoms with Crippen molar-refractivity contribution in [3.05, 3.63) is 30.1 Å². The summed E-state index contributed by atoms with van der Waals surface area (Å²) in [6.45, 7) is 5.16. The van der Waals surface area contributed by atoms with Crippen molar-refractivity contribution < 1.29 is 14.2 Å². The average Bonchev–Trinajstić information content (AvgIpc) is 3.26. The molecule has 0 aromatic heterocycles. The van der Waals surface area contributed by atoms with Gasteiger partial charge < -0.3 is 14.7 Å². The molecule has 3 aliphatic rings. The number of anilines is 1. The highest BCUT2D eigenvalue weighted by molar-refractivity contribution is 5.47. The molecule has 0 radical (unpaired) electrons. The maximum Gasteiger partial charge on any atom is 0.146 e. The first-order valence-corrected chi connectivity index (χ1v) is 10.2. The van der Waals surface area contributed by atoms with E-state index in [0.717, 1.165) is 50.5 Å². The van der Waals surface area contributed by atoms with Crippen LogP contribution < -0.4 is 4.90 Å². The number of halogens is 1. The average molecular weight is 362 g/mol. The smallest absolute Gasteiger partial charge is 0.146 e. The molecular formula is C21H31FN2O2. The van der Waals surface area contributed by atoms with Gasteiger partial charge in [0, 0.05) is 39.3 Å². The number of β-amino-alcohol motifs (C(OH)–C–C–N with tert-alkyl or cyclic N) is 1. The number of para-hydroxylation sites is 1. The van der Waals surface area contributed by atoms with Crippen LogP contribution >= 0.6 is 0 Å². The fourth-order valence-electron chi connectivity index (χ4n) is 5.17. The molecule has 4 nitrogen and oxygen atoms in total. The molecule has 2 bridgehead atoms. The maximum atomic E-state index is 13.9. The van der Waals surface area contributed by atoms with Crippen molar-refractivity contribution in [2.75, 3.05) is 50.8 Å². The Labute approximate surface area is 155 Å². The van der Waals surface area contributed by atoms with Crippen molar-refractivity contribution >= 4 is 5.69 Å². The summed E-state index contributed by atoms with van der Waals surface area (Å²) in [5, 5.41) is 10.3. The zero-order chi connectivity index (χ0) is 17.9. The largest absolute Gasteiger partial charge is 0.389 e. The van der Waals surface area contributed by atoms with E-state index in [1.807, 2.05) is 12.1 Å². The third-order valence-electron chi connectivity index (χ3n) is 6.56. The number of aliphatic hydroxyl groups excluding tert-OH is 1. The summed E-state index contributed by atoms with van der Waals surface area (Å²) in [5.41, 5.74) is 0.682. The summed E-state index contributed by atoms with van der Waals surface area (Å²) < 4.78 is 19.7. The molecule has 4 atom stereocenters. The second-order valence-electron chi connectivity index (χ2n) is 8.37. The minimum absolute atomic E-state index is 0.157. The van der Waals surface area contributed by atoms with E-state index in [1.54, 1.807) is 6.07 Å². The van der Waals surface area contributed by atoms with Crippen molar-refractivity contribution in [1.29, 1.82) is 0 Å². The molecule has 0 amide bonds. The van der Waals surface area contributed by atoms with E-state index in [9.17, 15) is 9.50 Å². The Morgan fingerprint density at radius 1 is 1.12 bits per heavy atom. The van der Waals surface area contributed by atoms with Gasteiger partial charge in [0.25, 0.3) is 0 Å². The minimum atomic E-state index is -0.436. The van der Waals surface area contributed by atoms with E-state index < -0.39 is 6.10 Å². The summed E-state index contributed by atoms with van der Waals surface area (Å²) in [5.74, 6) is 2.40. The molecule has 0 unspecified atom stereocenters. The second-order valence-corrected chi connectivity index (χ2v) is 8.37. The lowest BCUT2D eigenvalue weighted by molar-refractivity contribution is -0.00275. The van der Waals surface area contributed by atoms with Gasteiger partial charge in [-0.1, -0.05) is 18.6 Å². The van der Waals surface area contributed by atoms with Gasteiger partial charge in [-0.25, -0.2) is 4.39 Å². The highest BCUT2D eigenvalue weighted by atomic mass is 19.1. The molecular weight excluding hydrogens is 331 g/mol. The Kier molecular flexibility index (Phi) is 5.77. The number of benzene rings is 1. The van der Waals surface area contributed by atoms with Crippen LogP contribution in [-0.4, -0.2) is 62.0 Å². The van der Waals surface area contributed by atoms with Crippen LogP contribution in [0.15, 0.2) is 24.3 Å². The minimum Gasteiger partial charge on any atom is -0.389 e. The number of nitrogens with zero attached hydrogens (tertiary/aromatic N) is 2. The van der Waals surface area contributed by atoms with Gasteiger partial charge in [0.1, 0.15) is 5.82 Å². The van der Waals surface area contributed by atoms with Crippen molar-refractivity contribution in [1.82, 2.24) is 4.90 Å². The van der Waals surface area contributed by atoms with E-state index in [2.05, 4.69) is 9.80 Å². The molecule has 1 N–H and O–H groups in total. The normalized spacial score (nSPS) is 30.1. The number of ether oxygens (including phenoxy) is 1. The number of fused-ring (bicyclic) bond motifs is 2. The Bertz CT molecular complexity index is 591. The Hall–Kier alpha value is -1.17. The fraction of sp³-hybridized carbons (Fsp3) is 0.714. The van der Waals surface area contributed by atoms with Crippen molar-refractivity contribution in [3.63, 3.8) is 0 Å². The van der Waals surface area contributed by atoms with Gasteiger partial charge in [0.15, 0.2) is 0 Å². The number of rotatable bonds is 7. The molecule has 144 valence electrons. The molecule has 1 saturated heterocycles. The van der Waals surface area contributed by atoms with Gasteiger partial charge in [-0.2, -0.15) is 0 Å². The SMILES string of the molecule is O[C@@H](COC[C@H]1C[C@@H]2CC[C@@H]1C2)CN1CCN(c2ccccc2F)CC1. The highest BCUT2D eigenvalue weighted by Crippen LogP contribution is 2.48. The molecule has 3 fully saturated rings. The van der Waals surface area contributed by atoms with Gasteiger partial charge in [-0.15, -0.1) is 0 Å². The zero-order valence-electron chi connectivity index (χ0n) is 15.5. The van der Waals surface area contributed by atoms with E-state index in [1.165, 1.54) is 31.7 Å². The van der Waals surface area contributed by atoms with E-state index in [4.69, 9.17) is 4.74 Å². The van der Waals surface area contributed by atoms with Crippen LogP contribution in [0, 0.1) is 23.6 Å². The standard InChI is InChI=1S/C21H31FN2O2/c22-20-3-1-2-4-21(20)24-9-7-23(8-10-24)13-19(25)15-26-14-18-12-16-5-6-17(18)11-16/h1-4,16-19,25H,5-15H2/t16-,17-,18-,19-/m1/s1. The number of piperazine rings is 1. The van der Waals surface area contributed by atoms with Crippen molar-refractivity contribution in [3.8, 4) is 0 Å². The first-order valence-electron chi connectivity index (χ1n) is 10.2. The Morgan fingerprint density at radius 2 is 1.92 bits per heavy atom. The first-order chi connectivity index (χ1) is 12.7. The molecule has 2 aliphatic carbocycles. The van der Waals surface area contributed by atoms with Gasteiger partial charge in [0.05, 0.1) is 18.4 Å². The van der Waals surface area contributed by atoms with E-state index in [-0.39, 0.29) is 5.82 Å². The number of aliphatic hydroxyl groups is 1. The van der Waals surface area contributed by atoms with Gasteiger partial charge in [0.2, 0.25) is 0 Å². The third kappa shape index (κ3) is 4.21. The molecule has 5 heteroatoms. The number of hydrogen-bond donors (Lipinski definition) is 1. The molecule has 1 aliphatic heterocycles. The predicted octanol–water partition coefficient (Wildman–Crippen LogP) is 2.76. The molecule has 1 aromatic carbocycles. The van der Waals surface area contributed by atoms with Crippen LogP contribution in [0.25, 0.3) is 0 Å². The van der Waals surface area contributed by atoms with Crippen LogP contribution in [0.4, 0.5) is 10.1 Å². The first kappa shape index (κ1) is 18.2. The monoisotopic (exact) mass is 362 g/mol. The van der Waals surface area contributed by atoms with Crippen LogP contribution in [0.1, 0.15) is 25.7 Å². The lowest BCUT2D eigenvalue weighted by atomic mass is 9.90. The quantitative estimate of drug-likeness (QED) is 0.809. The summed E-state index contributed by atoms with van der Waals surface area (Å²) in [4.78, 5) is 4.34. The lowest BCUT2D eigenvalue weighted by Gasteiger charge is -2.37. The predicted molar refractivity (Wildman–Crippen MR) is 101 cm³/mol. The summed E-state index contributed by atoms with van der Waals surface area (Å²) in [6.07, 6.45) is 5.10. The fourth-order valence-corrected chi connectivity index (χ4v) is 5.17. The topological polar surface area (TPSA) is 35.9 Å². The van der Waals surface area contributed by atoms with E-state index >= 15 is 0 Å². The number of hydrogen-bond acceptors (Lipinski definition) is 4. The molecule has 2 saturated carbocycles. The van der Waals surface area contributed by atoms with E-state index in [0.29, 0.717) is 18.8 Å². The Balaban J connectivity index is 1.14. The molecule has 26 heavy (non-hydrogen) atoms. The third-order valence-corrected chi connectivity index (χ3v) is 6.56. The summed E-state index contributed by atoms with van der Waals surface area (Å²) >= 11 is 0. The maximum absolute atomic E-state index is 13.9. The van der Waals surface area contributed by atoms with Gasteiger partial charge in [-0.3, -0.25) is 4.90 Å². The highest BCUT2D eigenvalue weighted by Gasteiger charge is 2.39. The second kappa shape index (κ2) is 8.24. The van der Waals surface area contributed by atoms with Gasteiger partial charge in [-0.05, 0) is 49.1 Å². The van der Waals surface area contributed by atoms with Crippen LogP contribution in [0.5, 0.6) is 0 Å². The summed E-state index contributed by atoms with van der Waals surface area (Å²) in [7, 11) is 0. The van der Waals surface area contributed by atoms with Crippen LogP contribution in [0.2, 0.25) is 0 Å². The van der Waals surface area contributed by atoms with Crippen LogP contribution in [-0.2, 0) is 4.74 Å². The molecule has 1 heterocycles. The Morgan fingerprint density at radius 3 is 2.62 bits per heavy atom. The lowest BCUT2D eigenvalue weighted by Crippen LogP contribution is -2.49. The summed E-state index contributed by atoms with van der Waals surface area (Å²) in [6, 6.07) is 6.95.